The highest BCUT2D eigenvalue weighted by atomic mass is 19.4. The van der Waals surface area contributed by atoms with Crippen LogP contribution in [-0.4, -0.2) is 46.4 Å². The van der Waals surface area contributed by atoms with Crippen molar-refractivity contribution in [2.45, 2.75) is 44.1 Å². The van der Waals surface area contributed by atoms with E-state index in [2.05, 4.69) is 5.32 Å². The fraction of sp³-hybridized carbons (Fsp3) is 0.348. The van der Waals surface area contributed by atoms with Gasteiger partial charge in [-0.3, -0.25) is 14.5 Å². The average molecular weight is 478 g/mol. The fourth-order valence-electron chi connectivity index (χ4n) is 4.45. The fourth-order valence-corrected chi connectivity index (χ4v) is 4.45. The number of urea groups is 1. The van der Waals surface area contributed by atoms with E-state index in [-0.39, 0.29) is 12.0 Å². The Hall–Kier alpha value is -3.63. The van der Waals surface area contributed by atoms with Crippen molar-refractivity contribution in [1.29, 1.82) is 0 Å². The number of amides is 4. The van der Waals surface area contributed by atoms with Crippen molar-refractivity contribution in [1.82, 2.24) is 15.1 Å². The summed E-state index contributed by atoms with van der Waals surface area (Å²) < 4.78 is 53.7. The monoisotopic (exact) mass is 478 g/mol. The molecule has 2 aromatic rings. The Morgan fingerprint density at radius 1 is 1.21 bits per heavy atom. The first-order chi connectivity index (χ1) is 15.9. The number of hydrogen-bond acceptors (Lipinski definition) is 4. The van der Waals surface area contributed by atoms with Crippen molar-refractivity contribution in [3.05, 3.63) is 65.0 Å². The van der Waals surface area contributed by atoms with Gasteiger partial charge >= 0.3 is 12.2 Å². The molecule has 0 aromatic heterocycles. The molecule has 0 saturated carbocycles. The van der Waals surface area contributed by atoms with Crippen LogP contribution in [0.2, 0.25) is 0 Å². The SMILES string of the molecule is C[C@H](N(Cc1ccc(F)cc1)C(=O)CN1C(=O)NC2(CCc3cc(N)ccc32)C1=O)C(F)(F)F. The zero-order valence-corrected chi connectivity index (χ0v) is 18.2. The van der Waals surface area contributed by atoms with Gasteiger partial charge in [0.2, 0.25) is 5.91 Å². The Labute approximate surface area is 192 Å². The van der Waals surface area contributed by atoms with E-state index >= 15 is 0 Å². The number of aryl methyl sites for hydroxylation is 1. The van der Waals surface area contributed by atoms with Gasteiger partial charge in [-0.2, -0.15) is 13.2 Å². The number of halogens is 4. The number of anilines is 1. The zero-order chi connectivity index (χ0) is 24.8. The predicted molar refractivity (Wildman–Crippen MR) is 114 cm³/mol. The number of carbonyl (C=O) groups excluding carboxylic acids is 3. The summed E-state index contributed by atoms with van der Waals surface area (Å²) in [7, 11) is 0. The Morgan fingerprint density at radius 3 is 2.53 bits per heavy atom. The molecule has 34 heavy (non-hydrogen) atoms. The maximum absolute atomic E-state index is 13.5. The van der Waals surface area contributed by atoms with Crippen LogP contribution in [0.3, 0.4) is 0 Å². The van der Waals surface area contributed by atoms with E-state index in [1.807, 2.05) is 0 Å². The van der Waals surface area contributed by atoms with Gasteiger partial charge < -0.3 is 16.0 Å². The minimum absolute atomic E-state index is 0.249. The van der Waals surface area contributed by atoms with Crippen molar-refractivity contribution in [2.75, 3.05) is 12.3 Å². The van der Waals surface area contributed by atoms with Gasteiger partial charge in [-0.05, 0) is 60.7 Å². The largest absolute Gasteiger partial charge is 0.408 e. The number of carbonyl (C=O) groups is 3. The van der Waals surface area contributed by atoms with Crippen molar-refractivity contribution in [3.8, 4) is 0 Å². The number of alkyl halides is 3. The van der Waals surface area contributed by atoms with Gasteiger partial charge in [-0.25, -0.2) is 9.18 Å². The summed E-state index contributed by atoms with van der Waals surface area (Å²) in [5.74, 6) is -2.34. The molecule has 3 N–H and O–H groups in total. The summed E-state index contributed by atoms with van der Waals surface area (Å²) in [5, 5.41) is 2.63. The van der Waals surface area contributed by atoms with Crippen LogP contribution < -0.4 is 11.1 Å². The van der Waals surface area contributed by atoms with E-state index in [1.54, 1.807) is 18.2 Å². The summed E-state index contributed by atoms with van der Waals surface area (Å²) in [4.78, 5) is 40.1. The normalized spacial score (nSPS) is 20.4. The maximum atomic E-state index is 13.5. The molecule has 1 unspecified atom stereocenters. The minimum atomic E-state index is -4.75. The lowest BCUT2D eigenvalue weighted by Gasteiger charge is -2.32. The number of imide groups is 1. The lowest BCUT2D eigenvalue weighted by molar-refractivity contribution is -0.187. The quantitative estimate of drug-likeness (QED) is 0.392. The summed E-state index contributed by atoms with van der Waals surface area (Å²) in [6, 6.07) is 6.54. The molecule has 180 valence electrons. The molecule has 7 nitrogen and oxygen atoms in total. The van der Waals surface area contributed by atoms with E-state index in [0.717, 1.165) is 24.6 Å². The standard InChI is InChI=1S/C23H22F4N4O3/c1-13(23(25,26)27)30(11-14-2-4-16(24)5-3-14)19(32)12-31-20(33)22(29-21(31)34)9-8-15-10-17(28)6-7-18(15)22/h2-7,10,13H,8-9,11-12,28H2,1H3,(H,29,34)/t13-,22?/m0/s1. The molecule has 2 aliphatic rings. The molecular formula is C23H22F4N4O3. The highest BCUT2D eigenvalue weighted by molar-refractivity contribution is 6.10. The van der Waals surface area contributed by atoms with Gasteiger partial charge in [0.15, 0.2) is 0 Å². The molecule has 4 amide bonds. The number of rotatable bonds is 5. The maximum Gasteiger partial charge on any atom is 0.408 e. The van der Waals surface area contributed by atoms with Crippen molar-refractivity contribution < 1.29 is 31.9 Å². The second-order valence-corrected chi connectivity index (χ2v) is 8.51. The molecule has 2 atom stereocenters. The van der Waals surface area contributed by atoms with Crippen LogP contribution >= 0.6 is 0 Å². The second-order valence-electron chi connectivity index (χ2n) is 8.51. The number of fused-ring (bicyclic) bond motifs is 2. The third-order valence-electron chi connectivity index (χ3n) is 6.36. The second kappa shape index (κ2) is 8.30. The summed E-state index contributed by atoms with van der Waals surface area (Å²) in [6.07, 6.45) is -4.03. The van der Waals surface area contributed by atoms with Crippen LogP contribution in [0.4, 0.5) is 28.0 Å². The first kappa shape index (κ1) is 23.5. The van der Waals surface area contributed by atoms with Crippen LogP contribution in [0.1, 0.15) is 30.0 Å². The van der Waals surface area contributed by atoms with Crippen LogP contribution in [0.25, 0.3) is 0 Å². The summed E-state index contributed by atoms with van der Waals surface area (Å²) in [5.41, 5.74) is 6.52. The topological polar surface area (TPSA) is 95.7 Å². The van der Waals surface area contributed by atoms with Crippen LogP contribution in [0.5, 0.6) is 0 Å². The van der Waals surface area contributed by atoms with Crippen LogP contribution in [0, 0.1) is 5.82 Å². The van der Waals surface area contributed by atoms with E-state index in [1.165, 1.54) is 12.1 Å². The molecule has 1 fully saturated rings. The lowest BCUT2D eigenvalue weighted by atomic mass is 9.91. The Bertz CT molecular complexity index is 1150. The van der Waals surface area contributed by atoms with Crippen LogP contribution in [0.15, 0.2) is 42.5 Å². The lowest BCUT2D eigenvalue weighted by Crippen LogP contribution is -2.51. The Balaban J connectivity index is 1.58. The average Bonchev–Trinajstić information content (AvgIpc) is 3.24. The summed E-state index contributed by atoms with van der Waals surface area (Å²) in [6.45, 7) is -0.526. The highest BCUT2D eigenvalue weighted by Gasteiger charge is 2.56. The first-order valence-corrected chi connectivity index (χ1v) is 10.6. The van der Waals surface area contributed by atoms with E-state index in [4.69, 9.17) is 5.73 Å². The van der Waals surface area contributed by atoms with Crippen LogP contribution in [-0.2, 0) is 28.1 Å². The molecule has 0 radical (unpaired) electrons. The third-order valence-corrected chi connectivity index (χ3v) is 6.36. The van der Waals surface area contributed by atoms with Gasteiger partial charge in [0.25, 0.3) is 5.91 Å². The molecular weight excluding hydrogens is 456 g/mol. The van der Waals surface area contributed by atoms with Crippen molar-refractivity contribution in [2.24, 2.45) is 0 Å². The molecule has 11 heteroatoms. The van der Waals surface area contributed by atoms with Crippen molar-refractivity contribution >= 4 is 23.5 Å². The molecule has 1 heterocycles. The van der Waals surface area contributed by atoms with Gasteiger partial charge in [0, 0.05) is 12.2 Å². The van der Waals surface area contributed by atoms with Crippen molar-refractivity contribution in [3.63, 3.8) is 0 Å². The molecule has 1 spiro atoms. The van der Waals surface area contributed by atoms with E-state index in [0.29, 0.717) is 27.5 Å². The third kappa shape index (κ3) is 4.06. The molecule has 4 rings (SSSR count). The number of benzene rings is 2. The van der Waals surface area contributed by atoms with Gasteiger partial charge in [0.1, 0.15) is 23.9 Å². The smallest absolute Gasteiger partial charge is 0.399 e. The number of nitrogens with two attached hydrogens (primary N) is 1. The molecule has 1 aliphatic carbocycles. The number of nitrogens with one attached hydrogen (secondary N) is 1. The summed E-state index contributed by atoms with van der Waals surface area (Å²) >= 11 is 0. The number of nitrogens with zero attached hydrogens (tertiary/aromatic N) is 2. The molecule has 1 aliphatic heterocycles. The molecule has 1 saturated heterocycles. The predicted octanol–water partition coefficient (Wildman–Crippen LogP) is 3.08. The molecule has 0 bridgehead atoms. The number of nitrogen functional groups attached to an aromatic ring is 1. The van der Waals surface area contributed by atoms with E-state index in [9.17, 15) is 31.9 Å². The first-order valence-electron chi connectivity index (χ1n) is 10.6. The number of hydrogen-bond donors (Lipinski definition) is 2. The zero-order valence-electron chi connectivity index (χ0n) is 18.2. The Morgan fingerprint density at radius 2 is 1.88 bits per heavy atom. The van der Waals surface area contributed by atoms with Gasteiger partial charge in [-0.15, -0.1) is 0 Å². The van der Waals surface area contributed by atoms with Gasteiger partial charge in [-0.1, -0.05) is 18.2 Å². The molecule has 2 aromatic carbocycles. The Kier molecular flexibility index (Phi) is 5.74. The highest BCUT2D eigenvalue weighted by Crippen LogP contribution is 2.42. The van der Waals surface area contributed by atoms with E-state index < -0.39 is 54.5 Å². The van der Waals surface area contributed by atoms with Gasteiger partial charge in [0.05, 0.1) is 0 Å². The minimum Gasteiger partial charge on any atom is -0.399 e.